The summed E-state index contributed by atoms with van der Waals surface area (Å²) < 4.78 is 18.0. The summed E-state index contributed by atoms with van der Waals surface area (Å²) in [4.78, 5) is 28.5. The van der Waals surface area contributed by atoms with Crippen LogP contribution >= 0.6 is 0 Å². The van der Waals surface area contributed by atoms with E-state index < -0.39 is 17.8 Å². The van der Waals surface area contributed by atoms with E-state index in [9.17, 15) is 14.0 Å². The maximum Gasteiger partial charge on any atom is 0.249 e. The van der Waals surface area contributed by atoms with Crippen molar-refractivity contribution in [3.63, 3.8) is 0 Å². The summed E-state index contributed by atoms with van der Waals surface area (Å²) in [6.07, 6.45) is -0.0686. The lowest BCUT2D eigenvalue weighted by molar-refractivity contribution is -0.124. The lowest BCUT2D eigenvalue weighted by Crippen LogP contribution is -2.45. The molecular weight excluding hydrogens is 339 g/mol. The zero-order valence-electron chi connectivity index (χ0n) is 14.0. The molecule has 0 bridgehead atoms. The van der Waals surface area contributed by atoms with Crippen LogP contribution in [0.25, 0.3) is 0 Å². The Morgan fingerprint density at radius 1 is 1.15 bits per heavy atom. The van der Waals surface area contributed by atoms with E-state index in [-0.39, 0.29) is 18.3 Å². The Labute approximate surface area is 149 Å². The van der Waals surface area contributed by atoms with Crippen molar-refractivity contribution in [2.24, 2.45) is 4.99 Å². The third-order valence-corrected chi connectivity index (χ3v) is 3.69. The summed E-state index contributed by atoms with van der Waals surface area (Å²) in [6.45, 7) is 0. The SMILES string of the molecule is COc1ccc(NC2=NC(C(=O)Nc3ccc(F)cc3)CC(=O)N2)cc1. The molecule has 26 heavy (non-hydrogen) atoms. The number of hydrogen-bond acceptors (Lipinski definition) is 5. The topological polar surface area (TPSA) is 91.8 Å². The van der Waals surface area contributed by atoms with Gasteiger partial charge in [0.25, 0.3) is 0 Å². The molecule has 7 nitrogen and oxygen atoms in total. The van der Waals surface area contributed by atoms with E-state index in [0.717, 1.165) is 0 Å². The second-order valence-corrected chi connectivity index (χ2v) is 5.60. The molecule has 8 heteroatoms. The fourth-order valence-corrected chi connectivity index (χ4v) is 2.38. The Morgan fingerprint density at radius 3 is 2.46 bits per heavy atom. The molecule has 0 saturated carbocycles. The van der Waals surface area contributed by atoms with Crippen molar-refractivity contribution in [3.8, 4) is 5.75 Å². The van der Waals surface area contributed by atoms with E-state index >= 15 is 0 Å². The van der Waals surface area contributed by atoms with Crippen LogP contribution in [0.5, 0.6) is 5.75 Å². The fraction of sp³-hybridized carbons (Fsp3) is 0.167. The summed E-state index contributed by atoms with van der Waals surface area (Å²) in [5, 5.41) is 8.16. The highest BCUT2D eigenvalue weighted by Gasteiger charge is 2.27. The van der Waals surface area contributed by atoms with Gasteiger partial charge in [0.15, 0.2) is 0 Å². The van der Waals surface area contributed by atoms with Crippen LogP contribution in [0.3, 0.4) is 0 Å². The number of amides is 2. The van der Waals surface area contributed by atoms with Crippen LogP contribution in [0.2, 0.25) is 0 Å². The van der Waals surface area contributed by atoms with Crippen molar-refractivity contribution in [2.45, 2.75) is 12.5 Å². The molecule has 0 aliphatic carbocycles. The van der Waals surface area contributed by atoms with Crippen molar-refractivity contribution in [2.75, 3.05) is 17.7 Å². The highest BCUT2D eigenvalue weighted by Crippen LogP contribution is 2.16. The third kappa shape index (κ3) is 4.35. The van der Waals surface area contributed by atoms with Crippen molar-refractivity contribution >= 4 is 29.1 Å². The molecule has 2 amide bonds. The number of nitrogens with one attached hydrogen (secondary N) is 3. The summed E-state index contributed by atoms with van der Waals surface area (Å²) >= 11 is 0. The first-order valence-electron chi connectivity index (χ1n) is 7.88. The normalized spacial score (nSPS) is 16.3. The van der Waals surface area contributed by atoms with E-state index in [1.54, 1.807) is 31.4 Å². The van der Waals surface area contributed by atoms with Gasteiger partial charge in [-0.3, -0.25) is 14.9 Å². The summed E-state index contributed by atoms with van der Waals surface area (Å²) in [6, 6.07) is 11.5. The highest BCUT2D eigenvalue weighted by molar-refractivity contribution is 6.10. The minimum Gasteiger partial charge on any atom is -0.497 e. The zero-order valence-corrected chi connectivity index (χ0v) is 14.0. The van der Waals surface area contributed by atoms with Gasteiger partial charge in [-0.25, -0.2) is 9.38 Å². The van der Waals surface area contributed by atoms with Gasteiger partial charge in [-0.1, -0.05) is 0 Å². The molecule has 0 fully saturated rings. The van der Waals surface area contributed by atoms with Crippen LogP contribution in [-0.2, 0) is 9.59 Å². The second-order valence-electron chi connectivity index (χ2n) is 5.60. The van der Waals surface area contributed by atoms with Crippen LogP contribution in [0, 0.1) is 5.82 Å². The van der Waals surface area contributed by atoms with Gasteiger partial charge in [0.2, 0.25) is 17.8 Å². The van der Waals surface area contributed by atoms with Crippen LogP contribution in [-0.4, -0.2) is 30.9 Å². The van der Waals surface area contributed by atoms with E-state index in [0.29, 0.717) is 17.1 Å². The maximum atomic E-state index is 12.9. The number of hydrogen-bond donors (Lipinski definition) is 3. The summed E-state index contributed by atoms with van der Waals surface area (Å²) in [5.41, 5.74) is 1.12. The van der Waals surface area contributed by atoms with Crippen LogP contribution in [0.4, 0.5) is 15.8 Å². The average molecular weight is 356 g/mol. The van der Waals surface area contributed by atoms with Crippen molar-refractivity contribution < 1.29 is 18.7 Å². The average Bonchev–Trinajstić information content (AvgIpc) is 2.64. The number of halogens is 1. The molecule has 0 radical (unpaired) electrons. The van der Waals surface area contributed by atoms with Gasteiger partial charge in [0, 0.05) is 11.4 Å². The number of guanidine groups is 1. The first kappa shape index (κ1) is 17.4. The van der Waals surface area contributed by atoms with Crippen LogP contribution < -0.4 is 20.7 Å². The lowest BCUT2D eigenvalue weighted by atomic mass is 10.1. The van der Waals surface area contributed by atoms with Crippen LogP contribution in [0.1, 0.15) is 6.42 Å². The van der Waals surface area contributed by atoms with Gasteiger partial charge in [0.1, 0.15) is 17.6 Å². The monoisotopic (exact) mass is 356 g/mol. The molecule has 1 aliphatic rings. The number of ether oxygens (including phenoxy) is 1. The van der Waals surface area contributed by atoms with E-state index in [1.807, 2.05) is 0 Å². The fourth-order valence-electron chi connectivity index (χ4n) is 2.38. The molecule has 1 aliphatic heterocycles. The molecule has 2 aromatic carbocycles. The molecular formula is C18H17FN4O3. The van der Waals surface area contributed by atoms with Gasteiger partial charge in [0.05, 0.1) is 13.5 Å². The maximum absolute atomic E-state index is 12.9. The number of anilines is 2. The highest BCUT2D eigenvalue weighted by atomic mass is 19.1. The summed E-state index contributed by atoms with van der Waals surface area (Å²) in [7, 11) is 1.57. The molecule has 0 aromatic heterocycles. The number of rotatable bonds is 4. The minimum atomic E-state index is -0.880. The second kappa shape index (κ2) is 7.64. The van der Waals surface area contributed by atoms with Gasteiger partial charge in [-0.2, -0.15) is 0 Å². The Kier molecular flexibility index (Phi) is 5.12. The number of carbonyl (C=O) groups excluding carboxylic acids is 2. The number of methoxy groups -OCH3 is 1. The van der Waals surface area contributed by atoms with E-state index in [4.69, 9.17) is 4.74 Å². The number of aliphatic imine (C=N–C) groups is 1. The van der Waals surface area contributed by atoms with Gasteiger partial charge >= 0.3 is 0 Å². The third-order valence-electron chi connectivity index (χ3n) is 3.69. The number of benzene rings is 2. The summed E-state index contributed by atoms with van der Waals surface area (Å²) in [5.74, 6) is -0.285. The molecule has 1 unspecified atom stereocenters. The Morgan fingerprint density at radius 2 is 1.81 bits per heavy atom. The van der Waals surface area contributed by atoms with Gasteiger partial charge in [-0.15, -0.1) is 0 Å². The van der Waals surface area contributed by atoms with Crippen LogP contribution in [0.15, 0.2) is 53.5 Å². The van der Waals surface area contributed by atoms with Gasteiger partial charge in [-0.05, 0) is 48.5 Å². The molecule has 3 rings (SSSR count). The molecule has 2 aromatic rings. The van der Waals surface area contributed by atoms with E-state index in [2.05, 4.69) is 20.9 Å². The molecule has 1 heterocycles. The number of carbonyl (C=O) groups is 2. The molecule has 3 N–H and O–H groups in total. The molecule has 0 spiro atoms. The predicted molar refractivity (Wildman–Crippen MR) is 95.6 cm³/mol. The molecule has 1 atom stereocenters. The van der Waals surface area contributed by atoms with Crippen molar-refractivity contribution in [3.05, 3.63) is 54.3 Å². The zero-order chi connectivity index (χ0) is 18.5. The number of nitrogens with zero attached hydrogens (tertiary/aromatic N) is 1. The van der Waals surface area contributed by atoms with Gasteiger partial charge < -0.3 is 15.4 Å². The molecule has 0 saturated heterocycles. The Bertz CT molecular complexity index is 835. The van der Waals surface area contributed by atoms with Crippen molar-refractivity contribution in [1.82, 2.24) is 5.32 Å². The smallest absolute Gasteiger partial charge is 0.249 e. The quantitative estimate of drug-likeness (QED) is 0.783. The lowest BCUT2D eigenvalue weighted by Gasteiger charge is -2.21. The molecule has 134 valence electrons. The van der Waals surface area contributed by atoms with E-state index in [1.165, 1.54) is 24.3 Å². The first-order valence-corrected chi connectivity index (χ1v) is 7.88. The largest absolute Gasteiger partial charge is 0.497 e. The minimum absolute atomic E-state index is 0.0686. The first-order chi connectivity index (χ1) is 12.5. The predicted octanol–water partition coefficient (Wildman–Crippen LogP) is 2.13. The Hall–Kier alpha value is -3.42. The van der Waals surface area contributed by atoms with Crippen molar-refractivity contribution in [1.29, 1.82) is 0 Å². The standard InChI is InChI=1S/C18H17FN4O3/c1-26-14-8-6-13(7-9-14)21-18-22-15(10-16(24)23-18)17(25)20-12-4-2-11(19)3-5-12/h2-9,15H,10H2,1H3,(H,20,25)(H2,21,22,23,24). The Balaban J connectivity index is 1.70.